The van der Waals surface area contributed by atoms with Crippen LogP contribution in [0.25, 0.3) is 0 Å². The quantitative estimate of drug-likeness (QED) is 0.347. The molecule has 0 aromatic rings. The molecule has 0 aliphatic carbocycles. The van der Waals surface area contributed by atoms with E-state index in [1.54, 1.807) is 7.11 Å². The van der Waals surface area contributed by atoms with Gasteiger partial charge in [0.05, 0.1) is 12.4 Å². The molecule has 0 aromatic heterocycles. The lowest BCUT2D eigenvalue weighted by Gasteiger charge is -2.03. The molecule has 1 amide bonds. The van der Waals surface area contributed by atoms with Crippen LogP contribution in [0.2, 0.25) is 0 Å². The van der Waals surface area contributed by atoms with Crippen molar-refractivity contribution in [2.75, 3.05) is 26.8 Å². The van der Waals surface area contributed by atoms with E-state index in [1.165, 1.54) is 0 Å². The second-order valence-electron chi connectivity index (χ2n) is 3.22. The minimum atomic E-state index is -0.0138. The molecule has 0 radical (unpaired) electrons. The lowest BCUT2D eigenvalue weighted by Crippen LogP contribution is -2.27. The molecule has 0 fully saturated rings. The van der Waals surface area contributed by atoms with Gasteiger partial charge in [-0.15, -0.1) is 0 Å². The summed E-state index contributed by atoms with van der Waals surface area (Å²) < 4.78 is 4.80. The highest BCUT2D eigenvalue weighted by Gasteiger charge is 1.99. The van der Waals surface area contributed by atoms with E-state index in [9.17, 15) is 4.79 Å². The Morgan fingerprint density at radius 2 is 2.20 bits per heavy atom. The van der Waals surface area contributed by atoms with E-state index in [-0.39, 0.29) is 5.91 Å². The molecule has 0 bridgehead atoms. The lowest BCUT2D eigenvalue weighted by molar-refractivity contribution is -0.121. The molecule has 0 heterocycles. The molecule has 0 spiro atoms. The Labute approximate surface area is 91.1 Å². The molecule has 88 valence electrons. The number of nitrogens with one attached hydrogen (secondary N) is 1. The van der Waals surface area contributed by atoms with E-state index in [4.69, 9.17) is 10.5 Å². The fourth-order valence-electron chi connectivity index (χ4n) is 1.02. The summed E-state index contributed by atoms with van der Waals surface area (Å²) in [6, 6.07) is 0. The molecule has 0 rings (SSSR count). The van der Waals surface area contributed by atoms with Crippen molar-refractivity contribution in [1.82, 2.24) is 5.32 Å². The first-order valence-electron chi connectivity index (χ1n) is 5.25. The summed E-state index contributed by atoms with van der Waals surface area (Å²) in [7, 11) is 1.60. The molecule has 0 unspecified atom stereocenters. The van der Waals surface area contributed by atoms with Crippen LogP contribution >= 0.6 is 0 Å². The molecular weight excluding hydrogens is 194 g/mol. The van der Waals surface area contributed by atoms with E-state index in [2.05, 4.69) is 10.3 Å². The predicted molar refractivity (Wildman–Crippen MR) is 60.9 cm³/mol. The van der Waals surface area contributed by atoms with Crippen LogP contribution in [0.3, 0.4) is 0 Å². The van der Waals surface area contributed by atoms with Crippen LogP contribution < -0.4 is 11.1 Å². The van der Waals surface area contributed by atoms with Crippen LogP contribution in [0.1, 0.15) is 26.2 Å². The van der Waals surface area contributed by atoms with Gasteiger partial charge in [-0.1, -0.05) is 6.92 Å². The predicted octanol–water partition coefficient (Wildman–Crippen LogP) is 0.296. The van der Waals surface area contributed by atoms with Gasteiger partial charge in [0.2, 0.25) is 5.91 Å². The zero-order chi connectivity index (χ0) is 11.5. The van der Waals surface area contributed by atoms with Gasteiger partial charge in [-0.3, -0.25) is 9.79 Å². The highest BCUT2D eigenvalue weighted by Crippen LogP contribution is 1.88. The van der Waals surface area contributed by atoms with Crippen molar-refractivity contribution in [3.63, 3.8) is 0 Å². The number of methoxy groups -OCH3 is 1. The summed E-state index contributed by atoms with van der Waals surface area (Å²) in [5.41, 5.74) is 5.59. The first-order chi connectivity index (χ1) is 7.20. The molecule has 0 aliphatic rings. The number of hydrogen-bond donors (Lipinski definition) is 2. The third kappa shape index (κ3) is 9.21. The molecule has 0 saturated carbocycles. The SMILES string of the molecule is CCCC(N)=NCCC(=O)NCCOC. The Morgan fingerprint density at radius 1 is 1.47 bits per heavy atom. The summed E-state index contributed by atoms with van der Waals surface area (Å²) in [5, 5.41) is 2.72. The summed E-state index contributed by atoms with van der Waals surface area (Å²) in [4.78, 5) is 15.3. The number of rotatable bonds is 8. The maximum atomic E-state index is 11.2. The summed E-state index contributed by atoms with van der Waals surface area (Å²) in [6.45, 7) is 3.58. The van der Waals surface area contributed by atoms with E-state index < -0.39 is 0 Å². The number of nitrogens with zero attached hydrogens (tertiary/aromatic N) is 1. The number of carbonyl (C=O) groups excluding carboxylic acids is 1. The highest BCUT2D eigenvalue weighted by atomic mass is 16.5. The minimum Gasteiger partial charge on any atom is -0.387 e. The summed E-state index contributed by atoms with van der Waals surface area (Å²) >= 11 is 0. The van der Waals surface area contributed by atoms with Gasteiger partial charge in [-0.05, 0) is 6.42 Å². The molecule has 15 heavy (non-hydrogen) atoms. The average Bonchev–Trinajstić information content (AvgIpc) is 2.18. The molecule has 0 atom stereocenters. The van der Waals surface area contributed by atoms with E-state index in [1.807, 2.05) is 6.92 Å². The number of carbonyl (C=O) groups is 1. The van der Waals surface area contributed by atoms with Gasteiger partial charge in [-0.25, -0.2) is 0 Å². The van der Waals surface area contributed by atoms with Crippen molar-refractivity contribution < 1.29 is 9.53 Å². The third-order valence-electron chi connectivity index (χ3n) is 1.79. The first kappa shape index (κ1) is 13.9. The number of ether oxygens (including phenoxy) is 1. The second-order valence-corrected chi connectivity index (χ2v) is 3.22. The van der Waals surface area contributed by atoms with Gasteiger partial charge in [-0.2, -0.15) is 0 Å². The molecule has 5 nitrogen and oxygen atoms in total. The Kier molecular flexibility index (Phi) is 8.76. The molecular formula is C10H21N3O2. The van der Waals surface area contributed by atoms with Gasteiger partial charge in [0.25, 0.3) is 0 Å². The van der Waals surface area contributed by atoms with Crippen LogP contribution in [-0.4, -0.2) is 38.5 Å². The van der Waals surface area contributed by atoms with Crippen LogP contribution in [0, 0.1) is 0 Å². The standard InChI is InChI=1S/C10H21N3O2/c1-3-4-9(11)12-6-5-10(14)13-7-8-15-2/h3-8H2,1-2H3,(H2,11,12)(H,13,14). The largest absolute Gasteiger partial charge is 0.387 e. The fraction of sp³-hybridized carbons (Fsp3) is 0.800. The lowest BCUT2D eigenvalue weighted by atomic mass is 10.3. The first-order valence-corrected chi connectivity index (χ1v) is 5.25. The fourth-order valence-corrected chi connectivity index (χ4v) is 1.02. The Hall–Kier alpha value is -1.10. The minimum absolute atomic E-state index is 0.0138. The van der Waals surface area contributed by atoms with Gasteiger partial charge in [0.1, 0.15) is 0 Å². The zero-order valence-electron chi connectivity index (χ0n) is 9.58. The van der Waals surface area contributed by atoms with E-state index in [0.29, 0.717) is 32.0 Å². The number of amides is 1. The topological polar surface area (TPSA) is 76.7 Å². The van der Waals surface area contributed by atoms with Crippen LogP contribution in [-0.2, 0) is 9.53 Å². The smallest absolute Gasteiger partial charge is 0.221 e. The summed E-state index contributed by atoms with van der Waals surface area (Å²) in [5.74, 6) is 0.613. The normalized spacial score (nSPS) is 11.5. The average molecular weight is 215 g/mol. The monoisotopic (exact) mass is 215 g/mol. The molecule has 0 aliphatic heterocycles. The van der Waals surface area contributed by atoms with Crippen molar-refractivity contribution in [1.29, 1.82) is 0 Å². The zero-order valence-corrected chi connectivity index (χ0v) is 9.58. The Morgan fingerprint density at radius 3 is 2.80 bits per heavy atom. The number of aliphatic imine (C=N–C) groups is 1. The number of hydrogen-bond acceptors (Lipinski definition) is 3. The van der Waals surface area contributed by atoms with Gasteiger partial charge < -0.3 is 15.8 Å². The maximum absolute atomic E-state index is 11.2. The Bertz CT molecular complexity index is 205. The van der Waals surface area contributed by atoms with Crippen LogP contribution in [0.4, 0.5) is 0 Å². The second kappa shape index (κ2) is 9.45. The van der Waals surface area contributed by atoms with Crippen molar-refractivity contribution in [2.24, 2.45) is 10.7 Å². The van der Waals surface area contributed by atoms with Crippen LogP contribution in [0.15, 0.2) is 4.99 Å². The van der Waals surface area contributed by atoms with Gasteiger partial charge in [0.15, 0.2) is 0 Å². The number of amidine groups is 1. The van der Waals surface area contributed by atoms with Gasteiger partial charge >= 0.3 is 0 Å². The molecule has 5 heteroatoms. The molecule has 0 aromatic carbocycles. The molecule has 0 saturated heterocycles. The summed E-state index contributed by atoms with van der Waals surface area (Å²) in [6.07, 6.45) is 2.16. The van der Waals surface area contributed by atoms with Crippen molar-refractivity contribution in [2.45, 2.75) is 26.2 Å². The van der Waals surface area contributed by atoms with E-state index >= 15 is 0 Å². The maximum Gasteiger partial charge on any atom is 0.221 e. The third-order valence-corrected chi connectivity index (χ3v) is 1.79. The Balaban J connectivity index is 3.49. The highest BCUT2D eigenvalue weighted by molar-refractivity contribution is 5.81. The molecule has 3 N–H and O–H groups in total. The number of nitrogens with two attached hydrogens (primary N) is 1. The van der Waals surface area contributed by atoms with Crippen molar-refractivity contribution in [3.05, 3.63) is 0 Å². The van der Waals surface area contributed by atoms with Crippen molar-refractivity contribution >= 4 is 11.7 Å². The van der Waals surface area contributed by atoms with Gasteiger partial charge in [0, 0.05) is 33.0 Å². The van der Waals surface area contributed by atoms with Crippen LogP contribution in [0.5, 0.6) is 0 Å². The van der Waals surface area contributed by atoms with E-state index in [0.717, 1.165) is 12.8 Å². The van der Waals surface area contributed by atoms with Crippen molar-refractivity contribution in [3.8, 4) is 0 Å².